The first kappa shape index (κ1) is 18.1. The van der Waals surface area contributed by atoms with E-state index in [-0.39, 0.29) is 0 Å². The van der Waals surface area contributed by atoms with Crippen LogP contribution in [0.1, 0.15) is 23.4 Å². The number of aromatic nitrogens is 2. The van der Waals surface area contributed by atoms with Crippen molar-refractivity contribution in [3.05, 3.63) is 35.2 Å². The molecule has 0 aliphatic heterocycles. The number of aryl methyl sites for hydroxylation is 3. The largest absolute Gasteiger partial charge is 0.496 e. The Kier molecular flexibility index (Phi) is 6.49. The van der Waals surface area contributed by atoms with Crippen LogP contribution in [0.3, 0.4) is 0 Å². The molecule has 0 atom stereocenters. The molecule has 1 N–H and O–H groups in total. The molecule has 0 fully saturated rings. The number of methoxy groups -OCH3 is 3. The number of nitrogens with zero attached hydrogens (tertiary/aromatic N) is 2. The lowest BCUT2D eigenvalue weighted by molar-refractivity contribution is 0.347. The summed E-state index contributed by atoms with van der Waals surface area (Å²) in [4.78, 5) is 0. The van der Waals surface area contributed by atoms with Gasteiger partial charge in [0.15, 0.2) is 11.5 Å². The second-order valence-electron chi connectivity index (χ2n) is 5.70. The smallest absolute Gasteiger partial charge is 0.164 e. The van der Waals surface area contributed by atoms with E-state index < -0.39 is 0 Å². The fourth-order valence-electron chi connectivity index (χ4n) is 2.71. The van der Waals surface area contributed by atoms with Gasteiger partial charge in [0.05, 0.1) is 27.0 Å². The first-order valence-electron chi connectivity index (χ1n) is 8.09. The monoisotopic (exact) mass is 333 g/mol. The molecule has 2 rings (SSSR count). The number of benzene rings is 1. The molecule has 2 aromatic rings. The van der Waals surface area contributed by atoms with Crippen molar-refractivity contribution in [2.45, 2.75) is 33.4 Å². The number of nitrogens with one attached hydrogen (secondary N) is 1. The summed E-state index contributed by atoms with van der Waals surface area (Å²) in [5.41, 5.74) is 3.31. The SMILES string of the molecule is COc1cc(OC)c(OC)cc1CNCCCn1nc(C)cc1C. The molecular weight excluding hydrogens is 306 g/mol. The molecule has 0 radical (unpaired) electrons. The Morgan fingerprint density at radius 3 is 2.21 bits per heavy atom. The highest BCUT2D eigenvalue weighted by Gasteiger charge is 2.11. The van der Waals surface area contributed by atoms with Crippen molar-refractivity contribution >= 4 is 0 Å². The van der Waals surface area contributed by atoms with Gasteiger partial charge in [-0.15, -0.1) is 0 Å². The van der Waals surface area contributed by atoms with E-state index in [1.807, 2.05) is 23.7 Å². The van der Waals surface area contributed by atoms with E-state index >= 15 is 0 Å². The van der Waals surface area contributed by atoms with Crippen LogP contribution in [0.2, 0.25) is 0 Å². The molecule has 132 valence electrons. The average molecular weight is 333 g/mol. The van der Waals surface area contributed by atoms with E-state index in [4.69, 9.17) is 14.2 Å². The average Bonchev–Trinajstić information content (AvgIpc) is 2.91. The third-order valence-electron chi connectivity index (χ3n) is 3.93. The van der Waals surface area contributed by atoms with Crippen LogP contribution in [0.25, 0.3) is 0 Å². The van der Waals surface area contributed by atoms with Crippen LogP contribution in [-0.2, 0) is 13.1 Å². The Morgan fingerprint density at radius 1 is 0.958 bits per heavy atom. The van der Waals surface area contributed by atoms with Crippen LogP contribution in [0, 0.1) is 13.8 Å². The third kappa shape index (κ3) is 4.41. The van der Waals surface area contributed by atoms with Gasteiger partial charge in [0.1, 0.15) is 5.75 Å². The first-order chi connectivity index (χ1) is 11.6. The van der Waals surface area contributed by atoms with Crippen LogP contribution >= 0.6 is 0 Å². The summed E-state index contributed by atoms with van der Waals surface area (Å²) in [6, 6.07) is 5.90. The maximum absolute atomic E-state index is 5.44. The van der Waals surface area contributed by atoms with Gasteiger partial charge >= 0.3 is 0 Å². The Bertz CT molecular complexity index is 668. The molecule has 0 bridgehead atoms. The van der Waals surface area contributed by atoms with Gasteiger partial charge in [0.2, 0.25) is 0 Å². The molecule has 0 amide bonds. The minimum Gasteiger partial charge on any atom is -0.496 e. The van der Waals surface area contributed by atoms with E-state index in [1.165, 1.54) is 5.69 Å². The Balaban J connectivity index is 1.88. The number of hydrogen-bond donors (Lipinski definition) is 1. The molecule has 1 aromatic carbocycles. The van der Waals surface area contributed by atoms with Gasteiger partial charge < -0.3 is 19.5 Å². The zero-order valence-corrected chi connectivity index (χ0v) is 15.2. The molecule has 1 heterocycles. The number of rotatable bonds is 9. The molecular formula is C18H27N3O3. The third-order valence-corrected chi connectivity index (χ3v) is 3.93. The molecule has 0 spiro atoms. The topological polar surface area (TPSA) is 57.5 Å². The predicted octanol–water partition coefficient (Wildman–Crippen LogP) is 2.71. The molecule has 0 aliphatic carbocycles. The maximum Gasteiger partial charge on any atom is 0.164 e. The van der Waals surface area contributed by atoms with Crippen molar-refractivity contribution in [3.63, 3.8) is 0 Å². The van der Waals surface area contributed by atoms with E-state index in [0.717, 1.165) is 36.5 Å². The van der Waals surface area contributed by atoms with Crippen LogP contribution in [0.4, 0.5) is 0 Å². The van der Waals surface area contributed by atoms with Gasteiger partial charge in [-0.2, -0.15) is 5.10 Å². The van der Waals surface area contributed by atoms with Crippen LogP contribution < -0.4 is 19.5 Å². The molecule has 6 nitrogen and oxygen atoms in total. The zero-order chi connectivity index (χ0) is 17.5. The maximum atomic E-state index is 5.44. The minimum atomic E-state index is 0.669. The van der Waals surface area contributed by atoms with Crippen molar-refractivity contribution in [3.8, 4) is 17.2 Å². The summed E-state index contributed by atoms with van der Waals surface area (Å²) in [5, 5.41) is 7.92. The van der Waals surface area contributed by atoms with E-state index in [1.54, 1.807) is 21.3 Å². The fraction of sp³-hybridized carbons (Fsp3) is 0.500. The first-order valence-corrected chi connectivity index (χ1v) is 8.09. The summed E-state index contributed by atoms with van der Waals surface area (Å²) < 4.78 is 18.2. The second-order valence-corrected chi connectivity index (χ2v) is 5.70. The standard InChI is InChI=1S/C18H27N3O3/c1-13-9-14(2)21(20-13)8-6-7-19-12-15-10-17(23-4)18(24-5)11-16(15)22-3/h9-11,19H,6-8,12H2,1-5H3. The zero-order valence-electron chi connectivity index (χ0n) is 15.2. The molecule has 1 aromatic heterocycles. The van der Waals surface area contributed by atoms with E-state index in [0.29, 0.717) is 18.0 Å². The van der Waals surface area contributed by atoms with Gasteiger partial charge in [0.25, 0.3) is 0 Å². The lowest BCUT2D eigenvalue weighted by atomic mass is 10.1. The Morgan fingerprint density at radius 2 is 1.62 bits per heavy atom. The summed E-state index contributed by atoms with van der Waals surface area (Å²) in [5.74, 6) is 2.17. The molecule has 0 saturated heterocycles. The lowest BCUT2D eigenvalue weighted by Crippen LogP contribution is -2.17. The van der Waals surface area contributed by atoms with Gasteiger partial charge in [-0.1, -0.05) is 0 Å². The van der Waals surface area contributed by atoms with E-state index in [9.17, 15) is 0 Å². The van der Waals surface area contributed by atoms with Crippen molar-refractivity contribution in [1.82, 2.24) is 15.1 Å². The Labute approximate surface area is 143 Å². The summed E-state index contributed by atoms with van der Waals surface area (Å²) in [6.07, 6.45) is 1.01. The van der Waals surface area contributed by atoms with Gasteiger partial charge in [0, 0.05) is 30.4 Å². The molecule has 0 saturated carbocycles. The minimum absolute atomic E-state index is 0.669. The Hall–Kier alpha value is -2.21. The summed E-state index contributed by atoms with van der Waals surface area (Å²) in [6.45, 7) is 6.62. The molecule has 0 unspecified atom stereocenters. The van der Waals surface area contributed by atoms with Gasteiger partial charge in [-0.25, -0.2) is 0 Å². The summed E-state index contributed by atoms with van der Waals surface area (Å²) in [7, 11) is 4.91. The van der Waals surface area contributed by atoms with Crippen molar-refractivity contribution in [2.75, 3.05) is 27.9 Å². The van der Waals surface area contributed by atoms with Crippen molar-refractivity contribution in [1.29, 1.82) is 0 Å². The van der Waals surface area contributed by atoms with Gasteiger partial charge in [-0.05, 0) is 38.9 Å². The molecule has 24 heavy (non-hydrogen) atoms. The highest BCUT2D eigenvalue weighted by atomic mass is 16.5. The second kappa shape index (κ2) is 8.59. The quantitative estimate of drug-likeness (QED) is 0.715. The number of ether oxygens (including phenoxy) is 3. The summed E-state index contributed by atoms with van der Waals surface area (Å²) >= 11 is 0. The highest BCUT2D eigenvalue weighted by molar-refractivity contribution is 5.50. The predicted molar refractivity (Wildman–Crippen MR) is 94.1 cm³/mol. The molecule has 0 aliphatic rings. The fourth-order valence-corrected chi connectivity index (χ4v) is 2.71. The van der Waals surface area contributed by atoms with Crippen molar-refractivity contribution in [2.24, 2.45) is 0 Å². The van der Waals surface area contributed by atoms with Gasteiger partial charge in [-0.3, -0.25) is 4.68 Å². The van der Waals surface area contributed by atoms with Crippen LogP contribution in [0.15, 0.2) is 18.2 Å². The van der Waals surface area contributed by atoms with E-state index in [2.05, 4.69) is 23.4 Å². The number of hydrogen-bond acceptors (Lipinski definition) is 5. The molecule has 6 heteroatoms. The van der Waals surface area contributed by atoms with Crippen LogP contribution in [0.5, 0.6) is 17.2 Å². The van der Waals surface area contributed by atoms with Crippen molar-refractivity contribution < 1.29 is 14.2 Å². The highest BCUT2D eigenvalue weighted by Crippen LogP contribution is 2.34. The lowest BCUT2D eigenvalue weighted by Gasteiger charge is -2.14. The van der Waals surface area contributed by atoms with Crippen LogP contribution in [-0.4, -0.2) is 37.7 Å². The normalized spacial score (nSPS) is 10.7.